The molecular weight excluding hydrogens is 474 g/mol. The monoisotopic (exact) mass is 505 g/mol. The zero-order valence-electron chi connectivity index (χ0n) is 18.8. The lowest BCUT2D eigenvalue weighted by Gasteiger charge is -2.25. The number of nitrogens with two attached hydrogens (primary N) is 3. The summed E-state index contributed by atoms with van der Waals surface area (Å²) in [7, 11) is 0. The Morgan fingerprint density at radius 2 is 1.34 bits per heavy atom. The molecule has 0 saturated carbocycles. The van der Waals surface area contributed by atoms with Crippen LogP contribution >= 0.6 is 0 Å². The Hall–Kier alpha value is -3.99. The zero-order chi connectivity index (χ0) is 27.3. The molecule has 13 N–H and O–H groups in total. The third-order valence-electron chi connectivity index (χ3n) is 4.37. The summed E-state index contributed by atoms with van der Waals surface area (Å²) in [5, 5.41) is 42.8. The van der Waals surface area contributed by atoms with Crippen molar-refractivity contribution in [3.05, 3.63) is 0 Å². The number of carboxylic acids is 3. The van der Waals surface area contributed by atoms with E-state index in [1.54, 1.807) is 0 Å². The van der Waals surface area contributed by atoms with E-state index in [4.69, 9.17) is 32.5 Å². The van der Waals surface area contributed by atoms with Crippen LogP contribution in [0.2, 0.25) is 0 Å². The Kier molecular flexibility index (Phi) is 13.3. The molecule has 0 heterocycles. The number of hydrogen-bond acceptors (Lipinski definition) is 9. The highest BCUT2D eigenvalue weighted by molar-refractivity contribution is 5.96. The predicted molar refractivity (Wildman–Crippen MR) is 118 cm³/mol. The van der Waals surface area contributed by atoms with E-state index in [0.29, 0.717) is 6.42 Å². The van der Waals surface area contributed by atoms with Crippen LogP contribution in [0.4, 0.5) is 0 Å². The third-order valence-corrected chi connectivity index (χ3v) is 4.37. The minimum atomic E-state index is -1.87. The Labute approximate surface area is 199 Å². The third kappa shape index (κ3) is 12.7. The highest BCUT2D eigenvalue weighted by Crippen LogP contribution is 2.03. The van der Waals surface area contributed by atoms with Gasteiger partial charge in [-0.05, 0) is 19.8 Å². The van der Waals surface area contributed by atoms with Gasteiger partial charge in [0.15, 0.2) is 5.96 Å². The molecule has 0 rings (SSSR count). The van der Waals surface area contributed by atoms with E-state index in [2.05, 4.69) is 10.3 Å². The van der Waals surface area contributed by atoms with Crippen molar-refractivity contribution in [3.63, 3.8) is 0 Å². The van der Waals surface area contributed by atoms with Crippen LogP contribution in [0, 0.1) is 0 Å². The standard InChI is InChI=1S/C18H31N7O10/c1-7(26)13(16(33)24-10(17(34)35)6-12(29)30)25-15(32)9(5-11(27)28)23-14(31)8(19)3-2-4-22-18(20)21/h7-10,13,26H,2-6,19H2,1H3,(H,23,31)(H,24,33)(H,25,32)(H,27,28)(H,29,30)(H,34,35)(H4,20,21,22). The van der Waals surface area contributed by atoms with E-state index >= 15 is 0 Å². The molecule has 0 bridgehead atoms. The highest BCUT2D eigenvalue weighted by atomic mass is 16.4. The molecule has 0 aromatic rings. The number of nitrogens with one attached hydrogen (secondary N) is 3. The Balaban J connectivity index is 5.36. The van der Waals surface area contributed by atoms with Crippen LogP contribution in [0.5, 0.6) is 0 Å². The molecule has 0 aliphatic heterocycles. The van der Waals surface area contributed by atoms with Crippen LogP contribution in [-0.2, 0) is 28.8 Å². The number of aliphatic hydroxyl groups excluding tert-OH is 1. The first-order chi connectivity index (χ1) is 16.1. The first-order valence-electron chi connectivity index (χ1n) is 10.2. The van der Waals surface area contributed by atoms with Crippen LogP contribution in [-0.4, -0.2) is 98.8 Å². The number of aliphatic carboxylic acids is 3. The highest BCUT2D eigenvalue weighted by Gasteiger charge is 2.34. The van der Waals surface area contributed by atoms with Gasteiger partial charge < -0.3 is 53.6 Å². The van der Waals surface area contributed by atoms with E-state index in [-0.39, 0.29) is 18.9 Å². The second-order valence-corrected chi connectivity index (χ2v) is 7.44. The van der Waals surface area contributed by atoms with Gasteiger partial charge in [0.2, 0.25) is 17.7 Å². The van der Waals surface area contributed by atoms with E-state index < -0.39 is 78.7 Å². The molecular formula is C18H31N7O10. The normalized spacial score (nSPS) is 14.8. The largest absolute Gasteiger partial charge is 0.481 e. The van der Waals surface area contributed by atoms with Gasteiger partial charge in [-0.25, -0.2) is 4.79 Å². The summed E-state index contributed by atoms with van der Waals surface area (Å²) < 4.78 is 0. The number of aliphatic imine (C=N–C) groups is 1. The molecule has 0 radical (unpaired) electrons. The summed E-state index contributed by atoms with van der Waals surface area (Å²) in [6.45, 7) is 1.24. The van der Waals surface area contributed by atoms with Crippen LogP contribution < -0.4 is 33.2 Å². The minimum Gasteiger partial charge on any atom is -0.481 e. The average Bonchev–Trinajstić information content (AvgIpc) is 2.72. The zero-order valence-corrected chi connectivity index (χ0v) is 18.8. The van der Waals surface area contributed by atoms with Gasteiger partial charge in [-0.1, -0.05) is 0 Å². The molecule has 0 aliphatic carbocycles. The van der Waals surface area contributed by atoms with Crippen molar-refractivity contribution < 1.29 is 49.2 Å². The number of hydrogen-bond donors (Lipinski definition) is 10. The van der Waals surface area contributed by atoms with Gasteiger partial charge in [0, 0.05) is 6.54 Å². The summed E-state index contributed by atoms with van der Waals surface area (Å²) >= 11 is 0. The van der Waals surface area contributed by atoms with Gasteiger partial charge in [-0.3, -0.25) is 29.0 Å². The molecule has 0 saturated heterocycles. The summed E-state index contributed by atoms with van der Waals surface area (Å²) in [4.78, 5) is 74.1. The van der Waals surface area contributed by atoms with Crippen LogP contribution in [0.25, 0.3) is 0 Å². The van der Waals surface area contributed by atoms with Crippen molar-refractivity contribution in [1.82, 2.24) is 16.0 Å². The molecule has 0 spiro atoms. The molecule has 0 fully saturated rings. The van der Waals surface area contributed by atoms with Crippen molar-refractivity contribution in [1.29, 1.82) is 0 Å². The molecule has 0 aliphatic rings. The molecule has 5 unspecified atom stereocenters. The maximum absolute atomic E-state index is 12.6. The number of aliphatic hydroxyl groups is 1. The molecule has 17 heteroatoms. The smallest absolute Gasteiger partial charge is 0.326 e. The second-order valence-electron chi connectivity index (χ2n) is 7.44. The summed E-state index contributed by atoms with van der Waals surface area (Å²) in [5.74, 6) is -8.19. The van der Waals surface area contributed by atoms with Crippen molar-refractivity contribution in [3.8, 4) is 0 Å². The SMILES string of the molecule is CC(O)C(NC(=O)C(CC(=O)O)NC(=O)C(N)CCCN=C(N)N)C(=O)NC(CC(=O)O)C(=O)O. The molecule has 198 valence electrons. The number of amides is 3. The fraction of sp³-hybridized carbons (Fsp3) is 0.611. The Bertz CT molecular complexity index is 828. The van der Waals surface area contributed by atoms with Gasteiger partial charge in [-0.15, -0.1) is 0 Å². The lowest BCUT2D eigenvalue weighted by molar-refractivity contribution is -0.148. The van der Waals surface area contributed by atoms with E-state index in [1.807, 2.05) is 10.6 Å². The number of rotatable bonds is 16. The van der Waals surface area contributed by atoms with Crippen molar-refractivity contribution >= 4 is 41.6 Å². The molecule has 0 aromatic carbocycles. The van der Waals surface area contributed by atoms with Gasteiger partial charge in [0.1, 0.15) is 18.1 Å². The number of guanidine groups is 1. The number of carbonyl (C=O) groups excluding carboxylic acids is 3. The maximum Gasteiger partial charge on any atom is 0.326 e. The summed E-state index contributed by atoms with van der Waals surface area (Å²) in [6.07, 6.45) is -3.13. The van der Waals surface area contributed by atoms with Crippen molar-refractivity contribution in [2.75, 3.05) is 6.54 Å². The first kappa shape index (κ1) is 31.0. The fourth-order valence-corrected chi connectivity index (χ4v) is 2.61. The quantitative estimate of drug-likeness (QED) is 0.0535. The number of carbonyl (C=O) groups is 6. The minimum absolute atomic E-state index is 0.0862. The lowest BCUT2D eigenvalue weighted by Crippen LogP contribution is -2.60. The fourth-order valence-electron chi connectivity index (χ4n) is 2.61. The topological polar surface area (TPSA) is 310 Å². The van der Waals surface area contributed by atoms with E-state index in [9.17, 15) is 33.9 Å². The molecule has 35 heavy (non-hydrogen) atoms. The van der Waals surface area contributed by atoms with Crippen LogP contribution in [0.1, 0.15) is 32.6 Å². The predicted octanol–water partition coefficient (Wildman–Crippen LogP) is -4.76. The lowest BCUT2D eigenvalue weighted by atomic mass is 10.1. The molecule has 0 aromatic heterocycles. The summed E-state index contributed by atoms with van der Waals surface area (Å²) in [6, 6.07) is -6.55. The van der Waals surface area contributed by atoms with Gasteiger partial charge >= 0.3 is 17.9 Å². The number of carboxylic acid groups (broad SMARTS) is 3. The second kappa shape index (κ2) is 15.0. The Morgan fingerprint density at radius 1 is 0.829 bits per heavy atom. The van der Waals surface area contributed by atoms with Crippen LogP contribution in [0.15, 0.2) is 4.99 Å². The van der Waals surface area contributed by atoms with Gasteiger partial charge in [0.25, 0.3) is 0 Å². The van der Waals surface area contributed by atoms with Crippen molar-refractivity contribution in [2.45, 2.75) is 62.9 Å². The van der Waals surface area contributed by atoms with Crippen LogP contribution in [0.3, 0.4) is 0 Å². The molecule has 5 atom stereocenters. The van der Waals surface area contributed by atoms with Gasteiger partial charge in [0.05, 0.1) is 25.0 Å². The number of nitrogens with zero attached hydrogens (tertiary/aromatic N) is 1. The maximum atomic E-state index is 12.6. The first-order valence-corrected chi connectivity index (χ1v) is 10.2. The van der Waals surface area contributed by atoms with E-state index in [1.165, 1.54) is 0 Å². The van der Waals surface area contributed by atoms with E-state index in [0.717, 1.165) is 6.92 Å². The summed E-state index contributed by atoms with van der Waals surface area (Å²) in [5.41, 5.74) is 16.1. The molecule has 3 amide bonds. The van der Waals surface area contributed by atoms with Crippen molar-refractivity contribution in [2.24, 2.45) is 22.2 Å². The van der Waals surface area contributed by atoms with Gasteiger partial charge in [-0.2, -0.15) is 0 Å². The average molecular weight is 505 g/mol. The Morgan fingerprint density at radius 3 is 1.80 bits per heavy atom. The molecule has 17 nitrogen and oxygen atoms in total.